The number of ether oxygens (including phenoxy) is 2. The highest BCUT2D eigenvalue weighted by Gasteiger charge is 2.35. The summed E-state index contributed by atoms with van der Waals surface area (Å²) in [6.07, 6.45) is 0.159. The first kappa shape index (κ1) is 36.6. The summed E-state index contributed by atoms with van der Waals surface area (Å²) >= 11 is 13.1. The van der Waals surface area contributed by atoms with Gasteiger partial charge in [0.05, 0.1) is 24.8 Å². The number of rotatable bonds is 14. The topological polar surface area (TPSA) is 105 Å². The Hall–Kier alpha value is -4.25. The van der Waals surface area contributed by atoms with Crippen molar-refractivity contribution in [2.75, 3.05) is 31.6 Å². The standard InChI is InChI=1S/C36H39Cl2N3O6S/c1-6-39-36(43)32(20-26-11-8-7-9-12-26)40(22-29-30(37)13-10-14-31(29)38)35(42)23-41(27-18-24(2)17-25(3)19-27)48(44,45)28-15-16-33(46-4)34(21-28)47-5/h7-19,21,32H,6,20,22-23H2,1-5H3,(H,39,43). The molecule has 254 valence electrons. The lowest BCUT2D eigenvalue weighted by atomic mass is 10.0. The van der Waals surface area contributed by atoms with E-state index in [1.54, 1.807) is 37.3 Å². The highest BCUT2D eigenvalue weighted by Crippen LogP contribution is 2.33. The summed E-state index contributed by atoms with van der Waals surface area (Å²) in [5, 5.41) is 3.45. The smallest absolute Gasteiger partial charge is 0.264 e. The van der Waals surface area contributed by atoms with Crippen molar-refractivity contribution >= 4 is 50.7 Å². The Morgan fingerprint density at radius 1 is 0.833 bits per heavy atom. The van der Waals surface area contributed by atoms with Gasteiger partial charge in [-0.3, -0.25) is 13.9 Å². The fourth-order valence-electron chi connectivity index (χ4n) is 5.43. The minimum atomic E-state index is -4.38. The molecular weight excluding hydrogens is 673 g/mol. The predicted molar refractivity (Wildman–Crippen MR) is 190 cm³/mol. The number of likely N-dealkylation sites (N-methyl/N-ethyl adjacent to an activating group) is 1. The number of nitrogens with one attached hydrogen (secondary N) is 1. The Morgan fingerprint density at radius 2 is 1.46 bits per heavy atom. The van der Waals surface area contributed by atoms with Gasteiger partial charge in [-0.15, -0.1) is 0 Å². The van der Waals surface area contributed by atoms with Crippen molar-refractivity contribution in [1.82, 2.24) is 10.2 Å². The minimum Gasteiger partial charge on any atom is -0.493 e. The highest BCUT2D eigenvalue weighted by atomic mass is 35.5. The van der Waals surface area contributed by atoms with Crippen LogP contribution in [-0.2, 0) is 32.6 Å². The Morgan fingerprint density at radius 3 is 2.04 bits per heavy atom. The van der Waals surface area contributed by atoms with Crippen molar-refractivity contribution < 1.29 is 27.5 Å². The van der Waals surface area contributed by atoms with Crippen molar-refractivity contribution in [3.63, 3.8) is 0 Å². The number of anilines is 1. The molecule has 0 bridgehead atoms. The van der Waals surface area contributed by atoms with E-state index in [4.69, 9.17) is 32.7 Å². The molecule has 48 heavy (non-hydrogen) atoms. The van der Waals surface area contributed by atoms with E-state index in [0.29, 0.717) is 27.9 Å². The first-order valence-corrected chi connectivity index (χ1v) is 17.5. The molecule has 1 N–H and O–H groups in total. The monoisotopic (exact) mass is 711 g/mol. The van der Waals surface area contributed by atoms with Gasteiger partial charge in [0.2, 0.25) is 11.8 Å². The number of sulfonamides is 1. The first-order valence-electron chi connectivity index (χ1n) is 15.3. The molecule has 4 rings (SSSR count). The lowest BCUT2D eigenvalue weighted by Crippen LogP contribution is -2.53. The van der Waals surface area contributed by atoms with Crippen LogP contribution in [0.2, 0.25) is 10.0 Å². The highest BCUT2D eigenvalue weighted by molar-refractivity contribution is 7.92. The second-order valence-corrected chi connectivity index (χ2v) is 13.9. The maximum Gasteiger partial charge on any atom is 0.264 e. The van der Waals surface area contributed by atoms with Crippen LogP contribution >= 0.6 is 23.2 Å². The summed E-state index contributed by atoms with van der Waals surface area (Å²) in [4.78, 5) is 29.6. The number of amides is 2. The van der Waals surface area contributed by atoms with Crippen molar-refractivity contribution in [3.8, 4) is 11.5 Å². The van der Waals surface area contributed by atoms with E-state index in [-0.39, 0.29) is 29.3 Å². The lowest BCUT2D eigenvalue weighted by molar-refractivity contribution is -0.140. The van der Waals surface area contributed by atoms with E-state index in [9.17, 15) is 18.0 Å². The largest absolute Gasteiger partial charge is 0.493 e. The van der Waals surface area contributed by atoms with E-state index in [2.05, 4.69) is 5.32 Å². The molecule has 0 radical (unpaired) electrons. The third-order valence-electron chi connectivity index (χ3n) is 7.73. The third kappa shape index (κ3) is 8.61. The number of carbonyl (C=O) groups excluding carboxylic acids is 2. The van der Waals surface area contributed by atoms with Crippen molar-refractivity contribution in [3.05, 3.63) is 117 Å². The van der Waals surface area contributed by atoms with Crippen LogP contribution in [0.25, 0.3) is 0 Å². The molecule has 0 aromatic heterocycles. The molecule has 1 atom stereocenters. The quantitative estimate of drug-likeness (QED) is 0.158. The van der Waals surface area contributed by atoms with Crippen LogP contribution in [0.4, 0.5) is 5.69 Å². The van der Waals surface area contributed by atoms with Gasteiger partial charge < -0.3 is 19.7 Å². The van der Waals surface area contributed by atoms with Crippen LogP contribution in [0.1, 0.15) is 29.2 Å². The Kier molecular flexibility index (Phi) is 12.4. The van der Waals surface area contributed by atoms with Gasteiger partial charge in [0.15, 0.2) is 11.5 Å². The minimum absolute atomic E-state index is 0.114. The molecule has 4 aromatic carbocycles. The number of nitrogens with zero attached hydrogens (tertiary/aromatic N) is 2. The molecule has 0 fully saturated rings. The van der Waals surface area contributed by atoms with E-state index in [1.807, 2.05) is 50.2 Å². The molecule has 0 aliphatic heterocycles. The van der Waals surface area contributed by atoms with Gasteiger partial charge in [-0.05, 0) is 73.9 Å². The second kappa shape index (κ2) is 16.2. The van der Waals surface area contributed by atoms with Gasteiger partial charge in [0.1, 0.15) is 12.6 Å². The molecule has 2 amide bonds. The Balaban J connectivity index is 1.88. The van der Waals surface area contributed by atoms with Gasteiger partial charge in [-0.1, -0.05) is 65.7 Å². The number of benzene rings is 4. The summed E-state index contributed by atoms with van der Waals surface area (Å²) < 4.78 is 40.7. The van der Waals surface area contributed by atoms with Crippen molar-refractivity contribution in [1.29, 1.82) is 0 Å². The van der Waals surface area contributed by atoms with Crippen LogP contribution in [-0.4, -0.2) is 58.5 Å². The van der Waals surface area contributed by atoms with Crippen LogP contribution in [0.3, 0.4) is 0 Å². The Labute approximate surface area is 292 Å². The summed E-state index contributed by atoms with van der Waals surface area (Å²) in [5.41, 5.74) is 3.12. The van der Waals surface area contributed by atoms with E-state index >= 15 is 0 Å². The number of hydrogen-bond acceptors (Lipinski definition) is 6. The molecule has 12 heteroatoms. The molecule has 0 spiro atoms. The molecule has 0 heterocycles. The molecule has 4 aromatic rings. The zero-order valence-corrected chi connectivity index (χ0v) is 29.8. The predicted octanol–water partition coefficient (Wildman–Crippen LogP) is 6.60. The second-order valence-electron chi connectivity index (χ2n) is 11.2. The zero-order valence-electron chi connectivity index (χ0n) is 27.5. The van der Waals surface area contributed by atoms with Gasteiger partial charge in [-0.2, -0.15) is 0 Å². The molecule has 0 aliphatic carbocycles. The van der Waals surface area contributed by atoms with Crippen LogP contribution in [0.5, 0.6) is 11.5 Å². The van der Waals surface area contributed by atoms with Crippen LogP contribution < -0.4 is 19.1 Å². The maximum atomic E-state index is 14.7. The third-order valence-corrected chi connectivity index (χ3v) is 10.2. The Bertz CT molecular complexity index is 1830. The van der Waals surface area contributed by atoms with Gasteiger partial charge in [-0.25, -0.2) is 8.42 Å². The number of hydrogen-bond donors (Lipinski definition) is 1. The molecule has 0 saturated heterocycles. The maximum absolute atomic E-state index is 14.7. The zero-order chi connectivity index (χ0) is 35.0. The average Bonchev–Trinajstić information content (AvgIpc) is 3.05. The first-order chi connectivity index (χ1) is 22.9. The fraction of sp³-hybridized carbons (Fsp3) is 0.278. The van der Waals surface area contributed by atoms with Gasteiger partial charge >= 0.3 is 0 Å². The molecule has 0 saturated carbocycles. The number of halogens is 2. The van der Waals surface area contributed by atoms with Gasteiger partial charge in [0.25, 0.3) is 10.0 Å². The van der Waals surface area contributed by atoms with Crippen LogP contribution in [0.15, 0.2) is 89.8 Å². The molecular formula is C36H39Cl2N3O6S. The number of aryl methyl sites for hydroxylation is 2. The van der Waals surface area contributed by atoms with Crippen molar-refractivity contribution in [2.24, 2.45) is 0 Å². The average molecular weight is 713 g/mol. The summed E-state index contributed by atoms with van der Waals surface area (Å²) in [5.74, 6) is -0.488. The summed E-state index contributed by atoms with van der Waals surface area (Å²) in [6.45, 7) is 5.01. The molecule has 0 aliphatic rings. The lowest BCUT2D eigenvalue weighted by Gasteiger charge is -2.34. The number of carbonyl (C=O) groups is 2. The van der Waals surface area contributed by atoms with Crippen molar-refractivity contribution in [2.45, 2.75) is 44.7 Å². The van der Waals surface area contributed by atoms with E-state index in [0.717, 1.165) is 21.0 Å². The SMILES string of the molecule is CCNC(=O)C(Cc1ccccc1)N(Cc1c(Cl)cccc1Cl)C(=O)CN(c1cc(C)cc(C)c1)S(=O)(=O)c1ccc(OC)c(OC)c1. The fourth-order valence-corrected chi connectivity index (χ4v) is 7.36. The summed E-state index contributed by atoms with van der Waals surface area (Å²) in [6, 6.07) is 22.7. The normalized spacial score (nSPS) is 11.8. The summed E-state index contributed by atoms with van der Waals surface area (Å²) in [7, 11) is -1.52. The molecule has 1 unspecified atom stereocenters. The van der Waals surface area contributed by atoms with Crippen LogP contribution in [0, 0.1) is 13.8 Å². The van der Waals surface area contributed by atoms with Gasteiger partial charge in [0, 0.05) is 41.2 Å². The number of methoxy groups -OCH3 is 2. The molecule has 9 nitrogen and oxygen atoms in total. The van der Waals surface area contributed by atoms with E-state index < -0.39 is 34.4 Å². The van der Waals surface area contributed by atoms with E-state index in [1.165, 1.54) is 37.3 Å².